The first-order valence-electron chi connectivity index (χ1n) is 10.3. The summed E-state index contributed by atoms with van der Waals surface area (Å²) in [5.41, 5.74) is 1.27. The van der Waals surface area contributed by atoms with Gasteiger partial charge in [0, 0.05) is 12.5 Å². The molecule has 0 fully saturated rings. The highest BCUT2D eigenvalue weighted by atomic mass is 16.5. The molecule has 0 radical (unpaired) electrons. The lowest BCUT2D eigenvalue weighted by Crippen LogP contribution is -2.48. The predicted molar refractivity (Wildman–Crippen MR) is 114 cm³/mol. The van der Waals surface area contributed by atoms with E-state index in [1.807, 2.05) is 26.8 Å². The van der Waals surface area contributed by atoms with Crippen LogP contribution in [0.2, 0.25) is 0 Å². The number of amides is 3. The van der Waals surface area contributed by atoms with E-state index in [1.165, 1.54) is 0 Å². The van der Waals surface area contributed by atoms with E-state index in [0.29, 0.717) is 0 Å². The Labute approximate surface area is 181 Å². The van der Waals surface area contributed by atoms with Crippen molar-refractivity contribution in [2.45, 2.75) is 39.3 Å². The number of hydrogen-bond acceptors (Lipinski definition) is 5. The largest absolute Gasteiger partial charge is 0.454 e. The van der Waals surface area contributed by atoms with Crippen molar-refractivity contribution < 1.29 is 23.9 Å². The molecule has 2 aromatic rings. The van der Waals surface area contributed by atoms with Crippen molar-refractivity contribution in [3.63, 3.8) is 0 Å². The Morgan fingerprint density at radius 2 is 1.45 bits per heavy atom. The van der Waals surface area contributed by atoms with Gasteiger partial charge in [0.05, 0.1) is 11.1 Å². The number of hydrogen-bond donors (Lipinski definition) is 1. The monoisotopic (exact) mass is 422 g/mol. The van der Waals surface area contributed by atoms with Gasteiger partial charge in [0.1, 0.15) is 6.04 Å². The lowest BCUT2D eigenvalue weighted by atomic mass is 10.0. The van der Waals surface area contributed by atoms with Crippen molar-refractivity contribution in [1.82, 2.24) is 10.2 Å². The zero-order valence-electron chi connectivity index (χ0n) is 17.8. The van der Waals surface area contributed by atoms with Crippen LogP contribution in [-0.4, -0.2) is 47.3 Å². The summed E-state index contributed by atoms with van der Waals surface area (Å²) in [6, 6.07) is 14.2. The first-order chi connectivity index (χ1) is 14.8. The maximum atomic E-state index is 13.0. The number of imide groups is 1. The number of esters is 1. The second-order valence-electron chi connectivity index (χ2n) is 7.94. The highest BCUT2D eigenvalue weighted by Gasteiger charge is 2.43. The number of nitrogens with one attached hydrogen (secondary N) is 1. The van der Waals surface area contributed by atoms with E-state index in [0.717, 1.165) is 10.5 Å². The van der Waals surface area contributed by atoms with Crippen molar-refractivity contribution in [2.75, 3.05) is 6.61 Å². The summed E-state index contributed by atoms with van der Waals surface area (Å²) in [5, 5.41) is 2.76. The van der Waals surface area contributed by atoms with E-state index in [4.69, 9.17) is 4.74 Å². The van der Waals surface area contributed by atoms with Crippen LogP contribution in [0, 0.1) is 5.92 Å². The van der Waals surface area contributed by atoms with Gasteiger partial charge in [-0.25, -0.2) is 4.79 Å². The average Bonchev–Trinajstić information content (AvgIpc) is 3.01. The topological polar surface area (TPSA) is 92.8 Å². The van der Waals surface area contributed by atoms with Crippen molar-refractivity contribution in [2.24, 2.45) is 5.92 Å². The Hall–Kier alpha value is -3.48. The van der Waals surface area contributed by atoms with Gasteiger partial charge in [0.15, 0.2) is 6.61 Å². The third-order valence-corrected chi connectivity index (χ3v) is 5.42. The molecule has 0 saturated heterocycles. The predicted octanol–water partition coefficient (Wildman–Crippen LogP) is 2.60. The van der Waals surface area contributed by atoms with Gasteiger partial charge in [0.2, 0.25) is 0 Å². The maximum absolute atomic E-state index is 13.0. The van der Waals surface area contributed by atoms with Crippen molar-refractivity contribution in [3.05, 3.63) is 71.3 Å². The number of carbonyl (C=O) groups is 4. The molecule has 0 saturated carbocycles. The Kier molecular flexibility index (Phi) is 6.84. The van der Waals surface area contributed by atoms with Crippen LogP contribution in [0.5, 0.6) is 0 Å². The molecular weight excluding hydrogens is 396 g/mol. The molecular formula is C24H26N2O5. The molecule has 1 aliphatic heterocycles. The second kappa shape index (κ2) is 9.55. The van der Waals surface area contributed by atoms with Gasteiger partial charge >= 0.3 is 5.97 Å². The summed E-state index contributed by atoms with van der Waals surface area (Å²) < 4.78 is 5.23. The SMILES string of the molecule is CC(C)[C@@H](C)NC(=O)COC(=O)[C@H](Cc1ccccc1)N1C(=O)c2ccccc2C1=O. The minimum Gasteiger partial charge on any atom is -0.454 e. The zero-order valence-corrected chi connectivity index (χ0v) is 17.8. The number of rotatable bonds is 8. The Morgan fingerprint density at radius 3 is 2.00 bits per heavy atom. The fourth-order valence-electron chi connectivity index (χ4n) is 3.30. The molecule has 162 valence electrons. The Balaban J connectivity index is 1.79. The van der Waals surface area contributed by atoms with Crippen molar-refractivity contribution >= 4 is 23.7 Å². The van der Waals surface area contributed by atoms with E-state index in [2.05, 4.69) is 5.32 Å². The summed E-state index contributed by atoms with van der Waals surface area (Å²) in [7, 11) is 0. The first-order valence-corrected chi connectivity index (χ1v) is 10.3. The van der Waals surface area contributed by atoms with Gasteiger partial charge < -0.3 is 10.1 Å². The fourth-order valence-corrected chi connectivity index (χ4v) is 3.30. The van der Waals surface area contributed by atoms with Crippen LogP contribution >= 0.6 is 0 Å². The average molecular weight is 422 g/mol. The van der Waals surface area contributed by atoms with Gasteiger partial charge in [-0.3, -0.25) is 19.3 Å². The molecule has 1 N–H and O–H groups in total. The molecule has 7 heteroatoms. The smallest absolute Gasteiger partial charge is 0.330 e. The molecule has 7 nitrogen and oxygen atoms in total. The van der Waals surface area contributed by atoms with Gasteiger partial charge in [-0.2, -0.15) is 0 Å². The molecule has 0 aromatic heterocycles. The van der Waals surface area contributed by atoms with Crippen LogP contribution < -0.4 is 5.32 Å². The van der Waals surface area contributed by atoms with Crippen LogP contribution in [0.3, 0.4) is 0 Å². The van der Waals surface area contributed by atoms with E-state index in [9.17, 15) is 19.2 Å². The molecule has 2 atom stereocenters. The van der Waals surface area contributed by atoms with E-state index in [1.54, 1.807) is 48.5 Å². The fraction of sp³-hybridized carbons (Fsp3) is 0.333. The third-order valence-electron chi connectivity index (χ3n) is 5.42. The molecule has 31 heavy (non-hydrogen) atoms. The van der Waals surface area contributed by atoms with Crippen LogP contribution in [0.15, 0.2) is 54.6 Å². The number of carbonyl (C=O) groups excluding carboxylic acids is 4. The third kappa shape index (κ3) is 4.99. The van der Waals surface area contributed by atoms with E-state index >= 15 is 0 Å². The molecule has 1 heterocycles. The lowest BCUT2D eigenvalue weighted by molar-refractivity contribution is -0.152. The molecule has 0 aliphatic carbocycles. The molecule has 3 rings (SSSR count). The number of benzene rings is 2. The van der Waals surface area contributed by atoms with Crippen molar-refractivity contribution in [1.29, 1.82) is 0 Å². The number of fused-ring (bicyclic) bond motifs is 1. The molecule has 0 spiro atoms. The standard InChI is InChI=1S/C24H26N2O5/c1-15(2)16(3)25-21(27)14-31-24(30)20(13-17-9-5-4-6-10-17)26-22(28)18-11-7-8-12-19(18)23(26)29/h4-12,15-16,20H,13-14H2,1-3H3,(H,25,27)/t16-,20+/m1/s1. The van der Waals surface area contributed by atoms with E-state index < -0.39 is 36.3 Å². The van der Waals surface area contributed by atoms with Crippen molar-refractivity contribution in [3.8, 4) is 0 Å². The summed E-state index contributed by atoms with van der Waals surface area (Å²) >= 11 is 0. The summed E-state index contributed by atoms with van der Waals surface area (Å²) in [4.78, 5) is 51.9. The highest BCUT2D eigenvalue weighted by molar-refractivity contribution is 6.22. The van der Waals surface area contributed by atoms with Crippen LogP contribution in [0.4, 0.5) is 0 Å². The van der Waals surface area contributed by atoms with Gasteiger partial charge in [-0.15, -0.1) is 0 Å². The normalized spacial score (nSPS) is 14.9. The molecule has 3 amide bonds. The number of nitrogens with zero attached hydrogens (tertiary/aromatic N) is 1. The summed E-state index contributed by atoms with van der Waals surface area (Å²) in [6.45, 7) is 5.32. The molecule has 1 aliphatic rings. The quantitative estimate of drug-likeness (QED) is 0.521. The van der Waals surface area contributed by atoms with Gasteiger partial charge in [-0.05, 0) is 30.5 Å². The number of ether oxygens (including phenoxy) is 1. The zero-order chi connectivity index (χ0) is 22.5. The first kappa shape index (κ1) is 22.2. The minimum atomic E-state index is -1.18. The molecule has 2 aromatic carbocycles. The summed E-state index contributed by atoms with van der Waals surface area (Å²) in [5.74, 6) is -2.10. The minimum absolute atomic E-state index is 0.0810. The maximum Gasteiger partial charge on any atom is 0.330 e. The molecule has 0 unspecified atom stereocenters. The van der Waals surface area contributed by atoms with Crippen LogP contribution in [0.25, 0.3) is 0 Å². The highest BCUT2D eigenvalue weighted by Crippen LogP contribution is 2.26. The van der Waals surface area contributed by atoms with Crippen LogP contribution in [-0.2, 0) is 20.7 Å². The lowest BCUT2D eigenvalue weighted by Gasteiger charge is -2.25. The van der Waals surface area contributed by atoms with Gasteiger partial charge in [-0.1, -0.05) is 56.3 Å². The second-order valence-corrected chi connectivity index (χ2v) is 7.94. The summed E-state index contributed by atoms with van der Waals surface area (Å²) in [6.07, 6.45) is 0.0924. The molecule has 0 bridgehead atoms. The van der Waals surface area contributed by atoms with E-state index in [-0.39, 0.29) is 29.5 Å². The van der Waals surface area contributed by atoms with Crippen LogP contribution in [0.1, 0.15) is 47.1 Å². The van der Waals surface area contributed by atoms with Gasteiger partial charge in [0.25, 0.3) is 17.7 Å². The Bertz CT molecular complexity index is 951. The Morgan fingerprint density at radius 1 is 0.903 bits per heavy atom.